The van der Waals surface area contributed by atoms with Crippen molar-refractivity contribution in [3.8, 4) is 23.0 Å². The Morgan fingerprint density at radius 1 is 1.19 bits per heavy atom. The highest BCUT2D eigenvalue weighted by Crippen LogP contribution is 2.47. The molecule has 0 radical (unpaired) electrons. The third-order valence-electron chi connectivity index (χ3n) is 10.7. The van der Waals surface area contributed by atoms with E-state index in [-0.39, 0.29) is 46.7 Å². The fraction of sp³-hybridized carbons (Fsp3) is 0.429. The minimum absolute atomic E-state index is 0.0427. The molecular formula is C42H44ClF5N7OPS2. The number of fused-ring (bicyclic) bond motifs is 3. The van der Waals surface area contributed by atoms with E-state index in [4.69, 9.17) is 22.0 Å². The molecule has 2 aliphatic carbocycles. The largest absolute Gasteiger partial charge is 0.377 e. The number of anilines is 1. The number of nitrogens with one attached hydrogen (secondary N) is 4. The second kappa shape index (κ2) is 17.3. The molecule has 7 rings (SSSR count). The number of rotatable bonds is 8. The third-order valence-corrected chi connectivity index (χ3v) is 14.9. The molecule has 0 saturated heterocycles. The number of hydrogen-bond donors (Lipinski definition) is 4. The maximum atomic E-state index is 16.4. The summed E-state index contributed by atoms with van der Waals surface area (Å²) in [6, 6.07) is 9.66. The molecule has 1 aliphatic heterocycles. The second-order valence-electron chi connectivity index (χ2n) is 15.7. The number of thioether (sulfide) groups is 1. The molecule has 59 heavy (non-hydrogen) atoms. The summed E-state index contributed by atoms with van der Waals surface area (Å²) in [5.41, 5.74) is -0.492. The Bertz CT molecular complexity index is 2410. The van der Waals surface area contributed by atoms with Crippen LogP contribution in [0.3, 0.4) is 0 Å². The van der Waals surface area contributed by atoms with E-state index in [2.05, 4.69) is 32.3 Å². The highest BCUT2D eigenvalue weighted by atomic mass is 35.5. The molecule has 0 spiro atoms. The van der Waals surface area contributed by atoms with E-state index < -0.39 is 61.6 Å². The van der Waals surface area contributed by atoms with Crippen molar-refractivity contribution in [2.24, 2.45) is 0 Å². The molecule has 4 N–H and O–H groups in total. The SMILES string of the molecule is CSC(C)(C)C#Cc1ccc(-c2ccc(Cl)c3c(NSC4CC4)nn(CC(F)F)c23)c([C@@H]2Cc3cc(F)cc(c3)P(F)[C@H](C)C(=N)C3=C(NCC(=O)N2)[C@](C)(F)CC3)n1. The molecular weight excluding hydrogens is 844 g/mol. The van der Waals surface area contributed by atoms with Gasteiger partial charge in [0.25, 0.3) is 6.43 Å². The van der Waals surface area contributed by atoms with Gasteiger partial charge in [0.2, 0.25) is 5.91 Å². The number of amides is 1. The van der Waals surface area contributed by atoms with Crippen LogP contribution in [0.2, 0.25) is 5.02 Å². The summed E-state index contributed by atoms with van der Waals surface area (Å²) in [6.07, 6.45) is 1.34. The maximum Gasteiger partial charge on any atom is 0.257 e. The Labute approximate surface area is 355 Å². The van der Waals surface area contributed by atoms with Gasteiger partial charge in [-0.05, 0) is 125 Å². The minimum Gasteiger partial charge on any atom is -0.377 e. The van der Waals surface area contributed by atoms with Gasteiger partial charge in [0.05, 0.1) is 50.3 Å². The van der Waals surface area contributed by atoms with Gasteiger partial charge in [-0.25, -0.2) is 26.7 Å². The van der Waals surface area contributed by atoms with Crippen molar-refractivity contribution in [3.63, 3.8) is 0 Å². The lowest BCUT2D eigenvalue weighted by Gasteiger charge is -2.26. The number of carbonyl (C=O) groups excluding carboxylic acids is 1. The van der Waals surface area contributed by atoms with Crippen LogP contribution in [0, 0.1) is 23.1 Å². The normalized spacial score (nSPS) is 22.7. The molecule has 4 atom stereocenters. The van der Waals surface area contributed by atoms with E-state index in [1.54, 1.807) is 36.0 Å². The Morgan fingerprint density at radius 2 is 1.93 bits per heavy atom. The Balaban J connectivity index is 1.43. The van der Waals surface area contributed by atoms with Crippen molar-refractivity contribution in [2.75, 3.05) is 17.5 Å². The Kier molecular flexibility index (Phi) is 12.7. The first-order chi connectivity index (χ1) is 27.9. The van der Waals surface area contributed by atoms with Crippen molar-refractivity contribution in [1.29, 1.82) is 5.41 Å². The minimum atomic E-state index is -2.76. The predicted molar refractivity (Wildman–Crippen MR) is 232 cm³/mol. The lowest BCUT2D eigenvalue weighted by atomic mass is 9.93. The Hall–Kier alpha value is -3.83. The maximum absolute atomic E-state index is 16.4. The van der Waals surface area contributed by atoms with Crippen LogP contribution >= 0.6 is 43.5 Å². The van der Waals surface area contributed by atoms with Gasteiger partial charge in [-0.3, -0.25) is 9.48 Å². The van der Waals surface area contributed by atoms with Gasteiger partial charge in [-0.15, -0.1) is 11.8 Å². The fourth-order valence-corrected chi connectivity index (χ4v) is 9.83. The monoisotopic (exact) mass is 887 g/mol. The highest BCUT2D eigenvalue weighted by molar-refractivity contribution is 8.01. The number of nitrogens with zero attached hydrogens (tertiary/aromatic N) is 3. The first-order valence-electron chi connectivity index (χ1n) is 19.2. The molecule has 17 heteroatoms. The average molecular weight is 888 g/mol. The molecule has 1 unspecified atom stereocenters. The van der Waals surface area contributed by atoms with Gasteiger partial charge in [0.1, 0.15) is 32.0 Å². The molecule has 2 bridgehead atoms. The van der Waals surface area contributed by atoms with Crippen molar-refractivity contribution >= 4 is 77.2 Å². The summed E-state index contributed by atoms with van der Waals surface area (Å²) in [5.74, 6) is 5.43. The van der Waals surface area contributed by atoms with E-state index >= 15 is 13.0 Å². The zero-order valence-corrected chi connectivity index (χ0v) is 36.4. The van der Waals surface area contributed by atoms with Gasteiger partial charge in [0, 0.05) is 27.4 Å². The number of halogens is 6. The Morgan fingerprint density at radius 3 is 2.64 bits per heavy atom. The van der Waals surface area contributed by atoms with Gasteiger partial charge in [-0.1, -0.05) is 30.5 Å². The van der Waals surface area contributed by atoms with Crippen LogP contribution in [0.4, 0.5) is 27.6 Å². The van der Waals surface area contributed by atoms with Crippen LogP contribution in [0.5, 0.6) is 0 Å². The average Bonchev–Trinajstić information content (AvgIpc) is 3.88. The number of pyridine rings is 1. The molecule has 1 saturated carbocycles. The number of carbonyl (C=O) groups is 1. The predicted octanol–water partition coefficient (Wildman–Crippen LogP) is 10.1. The standard InChI is InChI=1S/C42H44ClF5N7OPS2/c1-22-36(49)30-13-15-42(4,47)39(30)50-20-34(56)52-32(18-23-16-24(44)19-26(17-23)57(22)48)37-28(9-6-25(51-37)12-14-41(2,3)58-5)29-10-11-31(43)35-38(29)55(21-33(45)46)53-40(35)54-59-27-7-8-27/h6,9-11,16-17,19,22,27,32-33,49-50H,7-8,13,15,18,20-21H2,1-5H3,(H,52,56)(H,53,54)/t22-,32+,42-,57?/m1/s1. The summed E-state index contributed by atoms with van der Waals surface area (Å²) in [5, 5.41) is 20.5. The zero-order chi connectivity index (χ0) is 42.4. The summed E-state index contributed by atoms with van der Waals surface area (Å²) in [7, 11) is -2.62. The number of aromatic nitrogens is 3. The lowest BCUT2D eigenvalue weighted by Crippen LogP contribution is -2.40. The molecule has 8 nitrogen and oxygen atoms in total. The van der Waals surface area contributed by atoms with Crippen LogP contribution in [-0.4, -0.2) is 66.9 Å². The van der Waals surface area contributed by atoms with Crippen molar-refractivity contribution in [3.05, 3.63) is 81.5 Å². The first kappa shape index (κ1) is 43.3. The van der Waals surface area contributed by atoms with Crippen molar-refractivity contribution < 1.29 is 26.6 Å². The van der Waals surface area contributed by atoms with Crippen LogP contribution in [-0.2, 0) is 17.8 Å². The molecule has 2 aromatic carbocycles. The quantitative estimate of drug-likeness (QED) is 0.0604. The second-order valence-corrected chi connectivity index (χ2v) is 20.6. The molecule has 3 aliphatic rings. The zero-order valence-electron chi connectivity index (χ0n) is 33.1. The van der Waals surface area contributed by atoms with Gasteiger partial charge >= 0.3 is 0 Å². The van der Waals surface area contributed by atoms with Crippen molar-refractivity contribution in [2.45, 2.75) is 100 Å². The van der Waals surface area contributed by atoms with Crippen LogP contribution < -0.4 is 20.7 Å². The van der Waals surface area contributed by atoms with Gasteiger partial charge < -0.3 is 20.8 Å². The number of hydrogen-bond acceptors (Lipinski definition) is 8. The number of alkyl halides is 3. The van der Waals surface area contributed by atoms with E-state index in [1.165, 1.54) is 42.6 Å². The third kappa shape index (κ3) is 9.56. The molecule has 3 heterocycles. The summed E-state index contributed by atoms with van der Waals surface area (Å²) in [6.45, 7) is 5.69. The molecule has 4 aromatic rings. The fourth-order valence-electron chi connectivity index (χ4n) is 7.27. The van der Waals surface area contributed by atoms with E-state index in [0.29, 0.717) is 49.9 Å². The van der Waals surface area contributed by atoms with Crippen LogP contribution in [0.15, 0.2) is 53.7 Å². The molecule has 1 amide bonds. The van der Waals surface area contributed by atoms with Crippen LogP contribution in [0.1, 0.15) is 76.4 Å². The number of allylic oxidation sites excluding steroid dienone is 2. The van der Waals surface area contributed by atoms with E-state index in [9.17, 15) is 13.6 Å². The molecule has 2 aromatic heterocycles. The van der Waals surface area contributed by atoms with Crippen LogP contribution in [0.25, 0.3) is 22.0 Å². The van der Waals surface area contributed by atoms with Crippen molar-refractivity contribution in [1.82, 2.24) is 25.4 Å². The van der Waals surface area contributed by atoms with E-state index in [1.807, 2.05) is 20.1 Å². The summed E-state index contributed by atoms with van der Waals surface area (Å²) in [4.78, 5) is 19.0. The first-order valence-corrected chi connectivity index (χ1v) is 23.0. The lowest BCUT2D eigenvalue weighted by molar-refractivity contribution is -0.120. The highest BCUT2D eigenvalue weighted by Gasteiger charge is 2.41. The summed E-state index contributed by atoms with van der Waals surface area (Å²) >= 11 is 9.81. The van der Waals surface area contributed by atoms with Gasteiger partial charge in [-0.2, -0.15) is 5.10 Å². The topological polar surface area (TPSA) is 108 Å². The molecule has 1 fully saturated rings. The smallest absolute Gasteiger partial charge is 0.257 e. The van der Waals surface area contributed by atoms with Gasteiger partial charge in [0.15, 0.2) is 5.82 Å². The van der Waals surface area contributed by atoms with E-state index in [0.717, 1.165) is 18.9 Å². The molecule has 312 valence electrons. The number of benzene rings is 2. The summed E-state index contributed by atoms with van der Waals surface area (Å²) < 4.78 is 80.3.